The van der Waals surface area contributed by atoms with Gasteiger partial charge in [-0.3, -0.25) is 24.7 Å². The monoisotopic (exact) mass is 500 g/mol. The molecule has 0 saturated carbocycles. The highest BCUT2D eigenvalue weighted by atomic mass is 35.5. The quantitative estimate of drug-likeness (QED) is 0.247. The number of ether oxygens (including phenoxy) is 1. The molecular formula is C24H25ClN4O4S. The first-order valence-corrected chi connectivity index (χ1v) is 12.2. The topological polar surface area (TPSA) is 88.8 Å². The van der Waals surface area contributed by atoms with Gasteiger partial charge in [-0.15, -0.1) is 0 Å². The fourth-order valence-electron chi connectivity index (χ4n) is 3.75. The van der Waals surface area contributed by atoms with Crippen molar-refractivity contribution < 1.29 is 14.5 Å². The summed E-state index contributed by atoms with van der Waals surface area (Å²) in [6.45, 7) is 6.60. The van der Waals surface area contributed by atoms with Crippen LogP contribution in [0.5, 0.6) is 0 Å². The van der Waals surface area contributed by atoms with Gasteiger partial charge in [0, 0.05) is 44.4 Å². The van der Waals surface area contributed by atoms with Gasteiger partial charge < -0.3 is 4.74 Å². The molecule has 0 N–H and O–H groups in total. The highest BCUT2D eigenvalue weighted by Gasteiger charge is 2.20. The number of hydrogen-bond donors (Lipinski definition) is 0. The second kappa shape index (κ2) is 11.1. The summed E-state index contributed by atoms with van der Waals surface area (Å²) in [4.78, 5) is 32.4. The molecule has 0 bridgehead atoms. The van der Waals surface area contributed by atoms with Crippen LogP contribution in [0.2, 0.25) is 5.02 Å². The molecule has 1 saturated heterocycles. The number of nitrogens with zero attached hydrogens (tertiary/aromatic N) is 4. The number of rotatable bonds is 8. The maximum atomic E-state index is 13.3. The minimum Gasteiger partial charge on any atom is -0.379 e. The normalized spacial score (nSPS) is 14.6. The first kappa shape index (κ1) is 24.3. The fraction of sp³-hybridized carbons (Fsp3) is 0.333. The number of carbonyl (C=O) groups is 1. The molecule has 178 valence electrons. The third-order valence-corrected chi connectivity index (χ3v) is 7.20. The molecule has 2 heterocycles. The van der Waals surface area contributed by atoms with E-state index in [1.165, 1.54) is 29.5 Å². The molecule has 1 aliphatic rings. The molecule has 34 heavy (non-hydrogen) atoms. The number of nitro groups is 1. The van der Waals surface area contributed by atoms with Gasteiger partial charge in [-0.25, -0.2) is 4.98 Å². The van der Waals surface area contributed by atoms with E-state index < -0.39 is 4.92 Å². The van der Waals surface area contributed by atoms with Crippen LogP contribution in [-0.2, 0) is 9.53 Å². The lowest BCUT2D eigenvalue weighted by atomic mass is 10.2. The lowest BCUT2D eigenvalue weighted by Crippen LogP contribution is -2.39. The third kappa shape index (κ3) is 5.79. The molecule has 3 aromatic rings. The Balaban J connectivity index is 1.54. The van der Waals surface area contributed by atoms with Crippen LogP contribution in [0.25, 0.3) is 16.3 Å². The van der Waals surface area contributed by atoms with Gasteiger partial charge in [-0.2, -0.15) is 0 Å². The second-order valence-corrected chi connectivity index (χ2v) is 9.40. The standard InChI is InChI=1S/C24H25ClN4O4S/c1-17-3-9-20(25)23-22(17)26-24(34-23)28(12-2-11-27-13-15-33-16-14-27)21(30)10-6-18-4-7-19(8-5-18)29(31)32/h3-10H,2,11-16H2,1H3/b10-6+. The zero-order valence-electron chi connectivity index (χ0n) is 18.8. The number of anilines is 1. The number of non-ortho nitro benzene ring substituents is 1. The van der Waals surface area contributed by atoms with Crippen LogP contribution in [0.15, 0.2) is 42.5 Å². The van der Waals surface area contributed by atoms with Crippen molar-refractivity contribution in [3.8, 4) is 0 Å². The predicted molar refractivity (Wildman–Crippen MR) is 136 cm³/mol. The van der Waals surface area contributed by atoms with Crippen molar-refractivity contribution in [1.82, 2.24) is 9.88 Å². The molecule has 0 radical (unpaired) electrons. The molecule has 0 unspecified atom stereocenters. The van der Waals surface area contributed by atoms with Gasteiger partial charge in [0.05, 0.1) is 33.4 Å². The van der Waals surface area contributed by atoms with Crippen molar-refractivity contribution in [3.05, 3.63) is 68.7 Å². The summed E-state index contributed by atoms with van der Waals surface area (Å²) >= 11 is 7.80. The summed E-state index contributed by atoms with van der Waals surface area (Å²) < 4.78 is 6.27. The number of hydrogen-bond acceptors (Lipinski definition) is 7. The lowest BCUT2D eigenvalue weighted by Gasteiger charge is -2.27. The number of morpholine rings is 1. The Hall–Kier alpha value is -2.85. The smallest absolute Gasteiger partial charge is 0.269 e. The highest BCUT2D eigenvalue weighted by molar-refractivity contribution is 7.23. The molecule has 2 aromatic carbocycles. The zero-order valence-corrected chi connectivity index (χ0v) is 20.3. The predicted octanol–water partition coefficient (Wildman–Crippen LogP) is 4.94. The molecule has 10 heteroatoms. The molecule has 1 aliphatic heterocycles. The van der Waals surface area contributed by atoms with E-state index in [-0.39, 0.29) is 11.6 Å². The van der Waals surface area contributed by atoms with Crippen molar-refractivity contribution in [2.75, 3.05) is 44.3 Å². The Morgan fingerprint density at radius 3 is 2.68 bits per heavy atom. The third-order valence-electron chi connectivity index (χ3n) is 5.66. The van der Waals surface area contributed by atoms with E-state index in [1.807, 2.05) is 19.1 Å². The van der Waals surface area contributed by atoms with Crippen molar-refractivity contribution in [3.63, 3.8) is 0 Å². The number of carbonyl (C=O) groups excluding carboxylic acids is 1. The van der Waals surface area contributed by atoms with Gasteiger partial charge in [-0.05, 0) is 48.7 Å². The summed E-state index contributed by atoms with van der Waals surface area (Å²) in [7, 11) is 0. The maximum absolute atomic E-state index is 13.3. The number of benzene rings is 2. The first-order chi connectivity index (χ1) is 16.4. The van der Waals surface area contributed by atoms with E-state index in [2.05, 4.69) is 4.90 Å². The van der Waals surface area contributed by atoms with Crippen molar-refractivity contribution in [1.29, 1.82) is 0 Å². The highest BCUT2D eigenvalue weighted by Crippen LogP contribution is 2.35. The average molecular weight is 501 g/mol. The SMILES string of the molecule is Cc1ccc(Cl)c2sc(N(CCCN3CCOCC3)C(=O)/C=C/c3ccc([N+](=O)[O-])cc3)nc12. The Morgan fingerprint density at radius 2 is 2.00 bits per heavy atom. The second-order valence-electron chi connectivity index (χ2n) is 8.02. The Labute approximate surface area is 206 Å². The van der Waals surface area contributed by atoms with Crippen LogP contribution in [0.3, 0.4) is 0 Å². The summed E-state index contributed by atoms with van der Waals surface area (Å²) in [6.07, 6.45) is 3.93. The number of halogens is 1. The molecule has 4 rings (SSSR count). The van der Waals surface area contributed by atoms with Crippen molar-refractivity contribution >= 4 is 56.0 Å². The molecule has 0 atom stereocenters. The molecular weight excluding hydrogens is 476 g/mol. The van der Waals surface area contributed by atoms with Crippen LogP contribution in [0.4, 0.5) is 10.8 Å². The molecule has 0 aliphatic carbocycles. The van der Waals surface area contributed by atoms with Crippen LogP contribution in [0.1, 0.15) is 17.5 Å². The van der Waals surface area contributed by atoms with E-state index in [9.17, 15) is 14.9 Å². The van der Waals surface area contributed by atoms with Crippen LogP contribution in [0, 0.1) is 17.0 Å². The summed E-state index contributed by atoms with van der Waals surface area (Å²) in [6, 6.07) is 9.84. The number of amides is 1. The van der Waals surface area contributed by atoms with Gasteiger partial charge in [0.1, 0.15) is 0 Å². The van der Waals surface area contributed by atoms with E-state index >= 15 is 0 Å². The summed E-state index contributed by atoms with van der Waals surface area (Å²) in [5.74, 6) is -0.201. The Morgan fingerprint density at radius 1 is 1.26 bits per heavy atom. The van der Waals surface area contributed by atoms with E-state index in [1.54, 1.807) is 23.1 Å². The number of aromatic nitrogens is 1. The van der Waals surface area contributed by atoms with Crippen LogP contribution >= 0.6 is 22.9 Å². The Bertz CT molecular complexity index is 1170. The molecule has 1 fully saturated rings. The maximum Gasteiger partial charge on any atom is 0.269 e. The minimum absolute atomic E-state index is 0.00920. The Kier molecular flexibility index (Phi) is 7.89. The zero-order chi connectivity index (χ0) is 24.1. The van der Waals surface area contributed by atoms with Gasteiger partial charge >= 0.3 is 0 Å². The largest absolute Gasteiger partial charge is 0.379 e. The van der Waals surface area contributed by atoms with Gasteiger partial charge in [0.15, 0.2) is 5.13 Å². The first-order valence-electron chi connectivity index (χ1n) is 11.0. The summed E-state index contributed by atoms with van der Waals surface area (Å²) in [5, 5.41) is 12.1. The molecule has 8 nitrogen and oxygen atoms in total. The lowest BCUT2D eigenvalue weighted by molar-refractivity contribution is -0.384. The van der Waals surface area contributed by atoms with Crippen LogP contribution in [-0.4, -0.2) is 60.1 Å². The number of nitro benzene ring substituents is 1. The van der Waals surface area contributed by atoms with E-state index in [4.69, 9.17) is 21.3 Å². The molecule has 0 spiro atoms. The van der Waals surface area contributed by atoms with E-state index in [0.29, 0.717) is 22.3 Å². The molecule has 1 amide bonds. The summed E-state index contributed by atoms with van der Waals surface area (Å²) in [5.41, 5.74) is 2.52. The number of thiazole rings is 1. The number of aryl methyl sites for hydroxylation is 1. The number of fused-ring (bicyclic) bond motifs is 1. The molecule has 1 aromatic heterocycles. The van der Waals surface area contributed by atoms with Crippen LogP contribution < -0.4 is 4.90 Å². The van der Waals surface area contributed by atoms with Gasteiger partial charge in [0.2, 0.25) is 0 Å². The van der Waals surface area contributed by atoms with Crippen molar-refractivity contribution in [2.24, 2.45) is 0 Å². The fourth-order valence-corrected chi connectivity index (χ4v) is 5.10. The minimum atomic E-state index is -0.449. The van der Waals surface area contributed by atoms with Gasteiger partial charge in [0.25, 0.3) is 11.6 Å². The van der Waals surface area contributed by atoms with Gasteiger partial charge in [-0.1, -0.05) is 29.0 Å². The van der Waals surface area contributed by atoms with E-state index in [0.717, 1.165) is 55.0 Å². The average Bonchev–Trinajstić information content (AvgIpc) is 3.30. The van der Waals surface area contributed by atoms with Crippen molar-refractivity contribution in [2.45, 2.75) is 13.3 Å².